The van der Waals surface area contributed by atoms with E-state index in [1.807, 2.05) is 4.90 Å². The average molecular weight is 312 g/mol. The Labute approximate surface area is 124 Å². The summed E-state index contributed by atoms with van der Waals surface area (Å²) in [5.41, 5.74) is 5.59. The lowest BCUT2D eigenvalue weighted by Crippen LogP contribution is -2.33. The van der Waals surface area contributed by atoms with Crippen LogP contribution in [-0.2, 0) is 6.18 Å². The number of aromatic nitrogens is 4. The van der Waals surface area contributed by atoms with Gasteiger partial charge in [0.1, 0.15) is 23.7 Å². The standard InChI is InChI=1S/C13H15F3N6/c14-13(15,16)10-6-12(19-7-18-10)22-3-1-8(2-4-22)9-5-11(17)21-20-9/h5-8H,1-4H2,(H3,17,20,21). The first kappa shape index (κ1) is 14.6. The Morgan fingerprint density at radius 1 is 1.18 bits per heavy atom. The number of hydrogen-bond acceptors (Lipinski definition) is 5. The summed E-state index contributed by atoms with van der Waals surface area (Å²) in [7, 11) is 0. The SMILES string of the molecule is Nc1cc(C2CCN(c3cc(C(F)(F)F)ncn3)CC2)n[nH]1. The highest BCUT2D eigenvalue weighted by Crippen LogP contribution is 2.32. The number of nitrogens with zero attached hydrogens (tertiary/aromatic N) is 4. The molecular formula is C13H15F3N6. The zero-order valence-electron chi connectivity index (χ0n) is 11.6. The molecule has 1 aliphatic heterocycles. The molecule has 0 atom stereocenters. The predicted octanol–water partition coefficient (Wildman–Crippen LogP) is 2.18. The molecule has 0 aliphatic carbocycles. The van der Waals surface area contributed by atoms with Crippen molar-refractivity contribution >= 4 is 11.6 Å². The summed E-state index contributed by atoms with van der Waals surface area (Å²) in [5, 5.41) is 6.84. The molecule has 3 N–H and O–H groups in total. The van der Waals surface area contributed by atoms with Crippen LogP contribution in [0.5, 0.6) is 0 Å². The Morgan fingerprint density at radius 3 is 2.50 bits per heavy atom. The van der Waals surface area contributed by atoms with E-state index in [-0.39, 0.29) is 5.92 Å². The largest absolute Gasteiger partial charge is 0.433 e. The van der Waals surface area contributed by atoms with Crippen molar-refractivity contribution in [2.24, 2.45) is 0 Å². The highest BCUT2D eigenvalue weighted by Gasteiger charge is 2.33. The molecule has 0 radical (unpaired) electrons. The van der Waals surface area contributed by atoms with Gasteiger partial charge in [-0.3, -0.25) is 5.10 Å². The van der Waals surface area contributed by atoms with Gasteiger partial charge in [-0.05, 0) is 12.8 Å². The van der Waals surface area contributed by atoms with E-state index in [1.54, 1.807) is 6.07 Å². The summed E-state index contributed by atoms with van der Waals surface area (Å²) < 4.78 is 38.1. The van der Waals surface area contributed by atoms with Gasteiger partial charge in [0.25, 0.3) is 0 Å². The van der Waals surface area contributed by atoms with Crippen LogP contribution in [0.3, 0.4) is 0 Å². The van der Waals surface area contributed by atoms with Gasteiger partial charge in [-0.25, -0.2) is 9.97 Å². The molecule has 0 spiro atoms. The van der Waals surface area contributed by atoms with E-state index < -0.39 is 11.9 Å². The highest BCUT2D eigenvalue weighted by molar-refractivity contribution is 5.40. The molecule has 0 bridgehead atoms. The fourth-order valence-electron chi connectivity index (χ4n) is 2.64. The monoisotopic (exact) mass is 312 g/mol. The number of anilines is 2. The number of rotatable bonds is 2. The summed E-state index contributed by atoms with van der Waals surface area (Å²) in [6.45, 7) is 1.23. The summed E-state index contributed by atoms with van der Waals surface area (Å²) >= 11 is 0. The molecule has 22 heavy (non-hydrogen) atoms. The minimum absolute atomic E-state index is 0.258. The van der Waals surface area contributed by atoms with Gasteiger partial charge in [0, 0.05) is 31.1 Å². The third-order valence-corrected chi connectivity index (χ3v) is 3.80. The fourth-order valence-corrected chi connectivity index (χ4v) is 2.64. The molecule has 1 aliphatic rings. The zero-order valence-corrected chi connectivity index (χ0v) is 11.6. The van der Waals surface area contributed by atoms with E-state index in [1.165, 1.54) is 0 Å². The van der Waals surface area contributed by atoms with E-state index >= 15 is 0 Å². The van der Waals surface area contributed by atoms with Gasteiger partial charge in [0.05, 0.1) is 5.69 Å². The number of alkyl halides is 3. The van der Waals surface area contributed by atoms with Crippen LogP contribution in [0.1, 0.15) is 30.1 Å². The highest BCUT2D eigenvalue weighted by atomic mass is 19.4. The van der Waals surface area contributed by atoms with Gasteiger partial charge in [-0.15, -0.1) is 0 Å². The second-order valence-corrected chi connectivity index (χ2v) is 5.27. The molecule has 1 fully saturated rings. The lowest BCUT2D eigenvalue weighted by Gasteiger charge is -2.32. The fraction of sp³-hybridized carbons (Fsp3) is 0.462. The molecule has 2 aromatic heterocycles. The van der Waals surface area contributed by atoms with Gasteiger partial charge in [0.15, 0.2) is 0 Å². The molecule has 0 unspecified atom stereocenters. The minimum atomic E-state index is -4.46. The molecule has 3 heterocycles. The number of nitrogens with one attached hydrogen (secondary N) is 1. The lowest BCUT2D eigenvalue weighted by atomic mass is 9.93. The maximum atomic E-state index is 12.7. The second-order valence-electron chi connectivity index (χ2n) is 5.27. The van der Waals surface area contributed by atoms with Crippen LogP contribution in [0, 0.1) is 0 Å². The van der Waals surface area contributed by atoms with E-state index in [0.717, 1.165) is 30.9 Å². The Bertz CT molecular complexity index is 645. The van der Waals surface area contributed by atoms with Crippen LogP contribution in [0.4, 0.5) is 24.8 Å². The van der Waals surface area contributed by atoms with Gasteiger partial charge >= 0.3 is 6.18 Å². The molecule has 118 valence electrons. The van der Waals surface area contributed by atoms with E-state index in [4.69, 9.17) is 5.73 Å². The van der Waals surface area contributed by atoms with Crippen LogP contribution in [0.2, 0.25) is 0 Å². The molecule has 0 aromatic carbocycles. The number of halogens is 3. The van der Waals surface area contributed by atoms with Gasteiger partial charge in [-0.2, -0.15) is 18.3 Å². The second kappa shape index (κ2) is 5.47. The van der Waals surface area contributed by atoms with Gasteiger partial charge in [0.2, 0.25) is 0 Å². The molecule has 6 nitrogen and oxygen atoms in total. The van der Waals surface area contributed by atoms with Crippen molar-refractivity contribution in [3.05, 3.63) is 29.8 Å². The first-order valence-corrected chi connectivity index (χ1v) is 6.88. The maximum Gasteiger partial charge on any atom is 0.433 e. The van der Waals surface area contributed by atoms with E-state index in [0.29, 0.717) is 24.7 Å². The number of nitrogens with two attached hydrogens (primary N) is 1. The average Bonchev–Trinajstić information content (AvgIpc) is 2.93. The number of aromatic amines is 1. The number of nitrogen functional groups attached to an aromatic ring is 1. The van der Waals surface area contributed by atoms with E-state index in [2.05, 4.69) is 20.2 Å². The molecule has 2 aromatic rings. The van der Waals surface area contributed by atoms with Crippen LogP contribution in [0.25, 0.3) is 0 Å². The lowest BCUT2D eigenvalue weighted by molar-refractivity contribution is -0.141. The molecule has 9 heteroatoms. The van der Waals surface area contributed by atoms with Crippen LogP contribution >= 0.6 is 0 Å². The van der Waals surface area contributed by atoms with Gasteiger partial charge in [-0.1, -0.05) is 0 Å². The Morgan fingerprint density at radius 2 is 1.91 bits per heavy atom. The maximum absolute atomic E-state index is 12.7. The third-order valence-electron chi connectivity index (χ3n) is 3.80. The molecule has 0 amide bonds. The topological polar surface area (TPSA) is 83.7 Å². The van der Waals surface area contributed by atoms with Crippen molar-refractivity contribution in [3.8, 4) is 0 Å². The van der Waals surface area contributed by atoms with Crippen molar-refractivity contribution in [1.82, 2.24) is 20.2 Å². The van der Waals surface area contributed by atoms with Crippen molar-refractivity contribution in [2.75, 3.05) is 23.7 Å². The van der Waals surface area contributed by atoms with Crippen molar-refractivity contribution in [2.45, 2.75) is 24.9 Å². The number of piperidine rings is 1. The molecular weight excluding hydrogens is 297 g/mol. The van der Waals surface area contributed by atoms with Crippen molar-refractivity contribution in [1.29, 1.82) is 0 Å². The van der Waals surface area contributed by atoms with Crippen molar-refractivity contribution < 1.29 is 13.2 Å². The Kier molecular flexibility index (Phi) is 3.63. The van der Waals surface area contributed by atoms with Crippen molar-refractivity contribution in [3.63, 3.8) is 0 Å². The van der Waals surface area contributed by atoms with Crippen LogP contribution in [0.15, 0.2) is 18.5 Å². The van der Waals surface area contributed by atoms with Gasteiger partial charge < -0.3 is 10.6 Å². The predicted molar refractivity (Wildman–Crippen MR) is 74.2 cm³/mol. The van der Waals surface area contributed by atoms with Crippen LogP contribution < -0.4 is 10.6 Å². The zero-order chi connectivity index (χ0) is 15.7. The summed E-state index contributed by atoms with van der Waals surface area (Å²) in [5.74, 6) is 1.08. The number of hydrogen-bond donors (Lipinski definition) is 2. The molecule has 3 rings (SSSR count). The normalized spacial score (nSPS) is 17.0. The summed E-state index contributed by atoms with van der Waals surface area (Å²) in [6, 6.07) is 2.79. The molecule has 0 saturated carbocycles. The number of H-pyrrole nitrogens is 1. The first-order chi connectivity index (χ1) is 10.4. The summed E-state index contributed by atoms with van der Waals surface area (Å²) in [4.78, 5) is 9.07. The Hall–Kier alpha value is -2.32. The van der Waals surface area contributed by atoms with E-state index in [9.17, 15) is 13.2 Å². The quantitative estimate of drug-likeness (QED) is 0.888. The smallest absolute Gasteiger partial charge is 0.384 e. The third kappa shape index (κ3) is 2.97. The Balaban J connectivity index is 1.69. The van der Waals surface area contributed by atoms with Crippen LogP contribution in [-0.4, -0.2) is 33.3 Å². The summed E-state index contributed by atoms with van der Waals surface area (Å²) in [6.07, 6.45) is -1.92. The molecule has 1 saturated heterocycles. The first-order valence-electron chi connectivity index (χ1n) is 6.88. The minimum Gasteiger partial charge on any atom is -0.384 e.